The van der Waals surface area contributed by atoms with Gasteiger partial charge in [-0.1, -0.05) is 0 Å². The van der Waals surface area contributed by atoms with E-state index in [-0.39, 0.29) is 0 Å². The van der Waals surface area contributed by atoms with Crippen LogP contribution in [0.5, 0.6) is 0 Å². The predicted octanol–water partition coefficient (Wildman–Crippen LogP) is 0.428. The van der Waals surface area contributed by atoms with Crippen molar-refractivity contribution in [1.82, 2.24) is 4.90 Å². The maximum atomic E-state index is 5.62. The molecule has 9 heavy (non-hydrogen) atoms. The average molecular weight is 128 g/mol. The van der Waals surface area contributed by atoms with E-state index in [1.165, 1.54) is 12.8 Å². The lowest BCUT2D eigenvalue weighted by Crippen LogP contribution is -2.34. The first-order valence-electron chi connectivity index (χ1n) is 3.66. The Labute approximate surface area is 57.0 Å². The van der Waals surface area contributed by atoms with E-state index < -0.39 is 0 Å². The van der Waals surface area contributed by atoms with Crippen LogP contribution < -0.4 is 5.73 Å². The fourth-order valence-electron chi connectivity index (χ4n) is 1.12. The Balaban J connectivity index is 2.10. The second kappa shape index (κ2) is 2.67. The van der Waals surface area contributed by atoms with Gasteiger partial charge in [0, 0.05) is 18.6 Å². The molecule has 1 saturated carbocycles. The third-order valence-corrected chi connectivity index (χ3v) is 1.75. The van der Waals surface area contributed by atoms with Gasteiger partial charge in [-0.25, -0.2) is 0 Å². The van der Waals surface area contributed by atoms with Gasteiger partial charge >= 0.3 is 0 Å². The van der Waals surface area contributed by atoms with Crippen LogP contribution in [0.4, 0.5) is 0 Å². The van der Waals surface area contributed by atoms with Crippen molar-refractivity contribution in [3.05, 3.63) is 0 Å². The zero-order valence-corrected chi connectivity index (χ0v) is 6.30. The molecule has 0 radical (unpaired) electrons. The standard InChI is InChI=1S/C7H16N2/c1-6(8)5-9(2)7-3-4-7/h6-7H,3-5,8H2,1-2H3/t6-/m1/s1. The van der Waals surface area contributed by atoms with Crippen molar-refractivity contribution in [3.8, 4) is 0 Å². The quantitative estimate of drug-likeness (QED) is 0.597. The molecule has 0 heterocycles. The second-order valence-electron chi connectivity index (χ2n) is 3.15. The summed E-state index contributed by atoms with van der Waals surface area (Å²) in [4.78, 5) is 2.35. The minimum Gasteiger partial charge on any atom is -0.327 e. The van der Waals surface area contributed by atoms with Crippen LogP contribution in [0.15, 0.2) is 0 Å². The molecule has 2 N–H and O–H groups in total. The average Bonchev–Trinajstić information content (AvgIpc) is 2.40. The van der Waals surface area contributed by atoms with Crippen molar-refractivity contribution in [3.63, 3.8) is 0 Å². The smallest absolute Gasteiger partial charge is 0.0139 e. The van der Waals surface area contributed by atoms with Gasteiger partial charge < -0.3 is 10.6 Å². The Bertz CT molecular complexity index is 86.9. The van der Waals surface area contributed by atoms with Crippen LogP contribution in [0, 0.1) is 0 Å². The molecule has 1 aliphatic rings. The maximum absolute atomic E-state index is 5.62. The SMILES string of the molecule is C[C@@H](N)CN(C)C1CC1. The van der Waals surface area contributed by atoms with Gasteiger partial charge in [0.05, 0.1) is 0 Å². The number of nitrogens with two attached hydrogens (primary N) is 1. The lowest BCUT2D eigenvalue weighted by Gasteiger charge is -2.17. The Morgan fingerprint density at radius 1 is 1.67 bits per heavy atom. The van der Waals surface area contributed by atoms with Gasteiger partial charge in [-0.05, 0) is 26.8 Å². The monoisotopic (exact) mass is 128 g/mol. The summed E-state index contributed by atoms with van der Waals surface area (Å²) in [6, 6.07) is 1.19. The first-order chi connectivity index (χ1) is 4.20. The van der Waals surface area contributed by atoms with Crippen LogP contribution in [0.25, 0.3) is 0 Å². The highest BCUT2D eigenvalue weighted by atomic mass is 15.2. The van der Waals surface area contributed by atoms with Crippen LogP contribution in [-0.4, -0.2) is 30.6 Å². The molecule has 0 spiro atoms. The molecular weight excluding hydrogens is 112 g/mol. The highest BCUT2D eigenvalue weighted by Gasteiger charge is 2.25. The third-order valence-electron chi connectivity index (χ3n) is 1.75. The highest BCUT2D eigenvalue weighted by molar-refractivity contribution is 4.83. The Morgan fingerprint density at radius 3 is 2.56 bits per heavy atom. The zero-order chi connectivity index (χ0) is 6.85. The first kappa shape index (κ1) is 7.03. The number of hydrogen-bond donors (Lipinski definition) is 1. The van der Waals surface area contributed by atoms with Crippen molar-refractivity contribution >= 4 is 0 Å². The van der Waals surface area contributed by atoms with E-state index in [0.29, 0.717) is 6.04 Å². The fourth-order valence-corrected chi connectivity index (χ4v) is 1.12. The van der Waals surface area contributed by atoms with E-state index in [2.05, 4.69) is 18.9 Å². The molecular formula is C7H16N2. The minimum atomic E-state index is 0.329. The molecule has 0 aliphatic heterocycles. The van der Waals surface area contributed by atoms with Gasteiger partial charge in [0.25, 0.3) is 0 Å². The van der Waals surface area contributed by atoms with E-state index in [4.69, 9.17) is 5.73 Å². The predicted molar refractivity (Wildman–Crippen MR) is 39.3 cm³/mol. The summed E-state index contributed by atoms with van der Waals surface area (Å²) in [6.45, 7) is 3.10. The molecule has 0 aromatic carbocycles. The number of rotatable bonds is 3. The molecule has 0 amide bonds. The first-order valence-corrected chi connectivity index (χ1v) is 3.66. The molecule has 2 heteroatoms. The third kappa shape index (κ3) is 2.33. The van der Waals surface area contributed by atoms with Crippen molar-refractivity contribution < 1.29 is 0 Å². The summed E-state index contributed by atoms with van der Waals surface area (Å²) in [6.07, 6.45) is 2.76. The van der Waals surface area contributed by atoms with Gasteiger partial charge in [-0.3, -0.25) is 0 Å². The number of nitrogens with zero attached hydrogens (tertiary/aromatic N) is 1. The van der Waals surface area contributed by atoms with Crippen molar-refractivity contribution in [2.75, 3.05) is 13.6 Å². The van der Waals surface area contributed by atoms with Crippen molar-refractivity contribution in [1.29, 1.82) is 0 Å². The minimum absolute atomic E-state index is 0.329. The van der Waals surface area contributed by atoms with E-state index in [1.807, 2.05) is 0 Å². The normalized spacial score (nSPS) is 22.7. The molecule has 0 saturated heterocycles. The number of hydrogen-bond acceptors (Lipinski definition) is 2. The maximum Gasteiger partial charge on any atom is 0.0139 e. The largest absolute Gasteiger partial charge is 0.327 e. The molecule has 2 nitrogen and oxygen atoms in total. The molecule has 0 aromatic heterocycles. The Morgan fingerprint density at radius 2 is 2.22 bits per heavy atom. The topological polar surface area (TPSA) is 29.3 Å². The van der Waals surface area contributed by atoms with Crippen LogP contribution in [0.2, 0.25) is 0 Å². The molecule has 1 aliphatic carbocycles. The van der Waals surface area contributed by atoms with Crippen LogP contribution in [-0.2, 0) is 0 Å². The van der Waals surface area contributed by atoms with Crippen LogP contribution >= 0.6 is 0 Å². The molecule has 0 unspecified atom stereocenters. The summed E-state index contributed by atoms with van der Waals surface area (Å²) >= 11 is 0. The van der Waals surface area contributed by atoms with Crippen molar-refractivity contribution in [2.45, 2.75) is 31.8 Å². The summed E-state index contributed by atoms with van der Waals surface area (Å²) in [5, 5.41) is 0. The van der Waals surface area contributed by atoms with Gasteiger partial charge in [-0.15, -0.1) is 0 Å². The summed E-state index contributed by atoms with van der Waals surface area (Å²) < 4.78 is 0. The number of likely N-dealkylation sites (N-methyl/N-ethyl adjacent to an activating group) is 1. The zero-order valence-electron chi connectivity index (χ0n) is 6.30. The lowest BCUT2D eigenvalue weighted by atomic mass is 10.3. The molecule has 1 atom stereocenters. The van der Waals surface area contributed by atoms with Crippen LogP contribution in [0.1, 0.15) is 19.8 Å². The van der Waals surface area contributed by atoms with E-state index >= 15 is 0 Å². The fraction of sp³-hybridized carbons (Fsp3) is 1.00. The second-order valence-corrected chi connectivity index (χ2v) is 3.15. The van der Waals surface area contributed by atoms with E-state index in [0.717, 1.165) is 12.6 Å². The summed E-state index contributed by atoms with van der Waals surface area (Å²) in [5.41, 5.74) is 5.62. The summed E-state index contributed by atoms with van der Waals surface area (Å²) in [7, 11) is 2.15. The van der Waals surface area contributed by atoms with E-state index in [1.54, 1.807) is 0 Å². The van der Waals surface area contributed by atoms with Crippen molar-refractivity contribution in [2.24, 2.45) is 5.73 Å². The molecule has 1 rings (SSSR count). The molecule has 1 fully saturated rings. The van der Waals surface area contributed by atoms with Gasteiger partial charge in [0.15, 0.2) is 0 Å². The Kier molecular flexibility index (Phi) is 2.09. The van der Waals surface area contributed by atoms with Gasteiger partial charge in [0.2, 0.25) is 0 Å². The van der Waals surface area contributed by atoms with Crippen LogP contribution in [0.3, 0.4) is 0 Å². The highest BCUT2D eigenvalue weighted by Crippen LogP contribution is 2.24. The molecule has 0 aromatic rings. The van der Waals surface area contributed by atoms with E-state index in [9.17, 15) is 0 Å². The molecule has 54 valence electrons. The van der Waals surface area contributed by atoms with Gasteiger partial charge in [-0.2, -0.15) is 0 Å². The lowest BCUT2D eigenvalue weighted by molar-refractivity contribution is 0.307. The van der Waals surface area contributed by atoms with Gasteiger partial charge in [0.1, 0.15) is 0 Å². The molecule has 0 bridgehead atoms. The Hall–Kier alpha value is -0.0800. The summed E-state index contributed by atoms with van der Waals surface area (Å²) in [5.74, 6) is 0.